The van der Waals surface area contributed by atoms with Gasteiger partial charge in [-0.15, -0.1) is 0 Å². The van der Waals surface area contributed by atoms with E-state index in [0.717, 1.165) is 30.2 Å². The Labute approximate surface area is 141 Å². The summed E-state index contributed by atoms with van der Waals surface area (Å²) in [6.07, 6.45) is 1.17. The molecule has 4 rings (SSSR count). The first-order valence-corrected chi connectivity index (χ1v) is 8.46. The van der Waals surface area contributed by atoms with Crippen LogP contribution in [0.5, 0.6) is 0 Å². The van der Waals surface area contributed by atoms with Gasteiger partial charge in [0.05, 0.1) is 11.0 Å². The number of para-hydroxylation sites is 2. The van der Waals surface area contributed by atoms with E-state index in [2.05, 4.69) is 52.9 Å². The molecule has 4 heteroatoms. The van der Waals surface area contributed by atoms with Crippen LogP contribution in [0.2, 0.25) is 5.02 Å². The van der Waals surface area contributed by atoms with Gasteiger partial charge in [-0.2, -0.15) is 0 Å². The molecule has 1 aromatic heterocycles. The molecule has 2 aromatic carbocycles. The van der Waals surface area contributed by atoms with Gasteiger partial charge in [0.2, 0.25) is 0 Å². The number of aryl methyl sites for hydroxylation is 1. The van der Waals surface area contributed by atoms with Crippen LogP contribution in [0.4, 0.5) is 0 Å². The van der Waals surface area contributed by atoms with Crippen LogP contribution in [0.1, 0.15) is 23.7 Å². The van der Waals surface area contributed by atoms with Crippen molar-refractivity contribution in [1.29, 1.82) is 0 Å². The van der Waals surface area contributed by atoms with Crippen molar-refractivity contribution in [3.05, 3.63) is 64.9 Å². The third kappa shape index (κ3) is 2.87. The maximum atomic E-state index is 5.96. The lowest BCUT2D eigenvalue weighted by molar-refractivity contribution is 0.325. The molecule has 0 bridgehead atoms. The van der Waals surface area contributed by atoms with Crippen molar-refractivity contribution in [3.63, 3.8) is 0 Å². The van der Waals surface area contributed by atoms with Crippen LogP contribution in [-0.2, 0) is 13.6 Å². The predicted octanol–water partition coefficient (Wildman–Crippen LogP) is 4.22. The number of hydrogen-bond donors (Lipinski definition) is 0. The normalized spacial score (nSPS) is 18.8. The number of hydrogen-bond acceptors (Lipinski definition) is 2. The standard InChI is InChI=1S/C19H20ClN3/c1-22-18-5-3-2-4-17(18)21-19(22)15-10-11-23(13-15)12-14-6-8-16(20)9-7-14/h2-9,15H,10-13H2,1H3. The van der Waals surface area contributed by atoms with Crippen LogP contribution in [-0.4, -0.2) is 27.5 Å². The molecule has 3 nitrogen and oxygen atoms in total. The van der Waals surface area contributed by atoms with Crippen molar-refractivity contribution in [2.24, 2.45) is 7.05 Å². The maximum absolute atomic E-state index is 5.96. The summed E-state index contributed by atoms with van der Waals surface area (Å²) >= 11 is 5.96. The summed E-state index contributed by atoms with van der Waals surface area (Å²) in [7, 11) is 2.13. The largest absolute Gasteiger partial charge is 0.331 e. The Kier molecular flexibility index (Phi) is 3.83. The number of nitrogens with zero attached hydrogens (tertiary/aromatic N) is 3. The van der Waals surface area contributed by atoms with E-state index in [1.165, 1.54) is 23.3 Å². The number of benzene rings is 2. The molecular formula is C19H20ClN3. The van der Waals surface area contributed by atoms with E-state index in [1.54, 1.807) is 0 Å². The third-order valence-corrected chi connectivity index (χ3v) is 5.03. The summed E-state index contributed by atoms with van der Waals surface area (Å²) in [6, 6.07) is 16.5. The molecule has 0 N–H and O–H groups in total. The van der Waals surface area contributed by atoms with Gasteiger partial charge < -0.3 is 4.57 Å². The molecule has 1 atom stereocenters. The molecule has 23 heavy (non-hydrogen) atoms. The van der Waals surface area contributed by atoms with Crippen LogP contribution in [0.3, 0.4) is 0 Å². The summed E-state index contributed by atoms with van der Waals surface area (Å²) in [5.41, 5.74) is 3.64. The lowest BCUT2D eigenvalue weighted by atomic mass is 10.1. The molecule has 0 aliphatic carbocycles. The quantitative estimate of drug-likeness (QED) is 0.719. The molecule has 1 saturated heterocycles. The Morgan fingerprint density at radius 1 is 1.13 bits per heavy atom. The average molecular weight is 326 g/mol. The summed E-state index contributed by atoms with van der Waals surface area (Å²) in [5.74, 6) is 1.73. The van der Waals surface area contributed by atoms with Gasteiger partial charge in [-0.25, -0.2) is 4.98 Å². The molecule has 0 saturated carbocycles. The molecule has 1 unspecified atom stereocenters. The zero-order chi connectivity index (χ0) is 15.8. The minimum Gasteiger partial charge on any atom is -0.331 e. The first kappa shape index (κ1) is 14.7. The van der Waals surface area contributed by atoms with Crippen molar-refractivity contribution in [2.45, 2.75) is 18.9 Å². The van der Waals surface area contributed by atoms with Crippen LogP contribution in [0.15, 0.2) is 48.5 Å². The molecule has 0 spiro atoms. The lowest BCUT2D eigenvalue weighted by Gasteiger charge is -2.16. The topological polar surface area (TPSA) is 21.1 Å². The number of halogens is 1. The van der Waals surface area contributed by atoms with Gasteiger partial charge in [0.15, 0.2) is 0 Å². The van der Waals surface area contributed by atoms with E-state index in [-0.39, 0.29) is 0 Å². The van der Waals surface area contributed by atoms with E-state index in [1.807, 2.05) is 12.1 Å². The molecule has 0 radical (unpaired) electrons. The lowest BCUT2D eigenvalue weighted by Crippen LogP contribution is -2.20. The molecule has 1 aliphatic rings. The van der Waals surface area contributed by atoms with Crippen LogP contribution in [0.25, 0.3) is 11.0 Å². The Bertz CT molecular complexity index is 822. The van der Waals surface area contributed by atoms with Gasteiger partial charge >= 0.3 is 0 Å². The van der Waals surface area contributed by atoms with Gasteiger partial charge in [0, 0.05) is 31.1 Å². The highest BCUT2D eigenvalue weighted by atomic mass is 35.5. The fourth-order valence-corrected chi connectivity index (χ4v) is 3.69. The Morgan fingerprint density at radius 2 is 1.91 bits per heavy atom. The second kappa shape index (κ2) is 5.99. The SMILES string of the molecule is Cn1c(C2CCN(Cc3ccc(Cl)cc3)C2)nc2ccccc21. The van der Waals surface area contributed by atoms with Crippen molar-refractivity contribution in [3.8, 4) is 0 Å². The van der Waals surface area contributed by atoms with Crippen molar-refractivity contribution >= 4 is 22.6 Å². The van der Waals surface area contributed by atoms with Crippen LogP contribution >= 0.6 is 11.6 Å². The fraction of sp³-hybridized carbons (Fsp3) is 0.316. The first-order chi connectivity index (χ1) is 11.2. The monoisotopic (exact) mass is 325 g/mol. The molecule has 2 heterocycles. The molecule has 0 amide bonds. The van der Waals surface area contributed by atoms with Crippen molar-refractivity contribution < 1.29 is 0 Å². The summed E-state index contributed by atoms with van der Waals surface area (Å²) in [4.78, 5) is 7.37. The second-order valence-corrected chi connectivity index (χ2v) is 6.80. The zero-order valence-electron chi connectivity index (χ0n) is 13.2. The van der Waals surface area contributed by atoms with Gasteiger partial charge in [-0.3, -0.25) is 4.90 Å². The van der Waals surface area contributed by atoms with E-state index in [0.29, 0.717) is 5.92 Å². The Balaban J connectivity index is 1.51. The van der Waals surface area contributed by atoms with Gasteiger partial charge in [0.25, 0.3) is 0 Å². The molecule has 1 fully saturated rings. The van der Waals surface area contributed by atoms with Gasteiger partial charge in [-0.1, -0.05) is 35.9 Å². The molecule has 1 aliphatic heterocycles. The summed E-state index contributed by atoms with van der Waals surface area (Å²) in [6.45, 7) is 3.17. The highest BCUT2D eigenvalue weighted by Gasteiger charge is 2.27. The molecular weight excluding hydrogens is 306 g/mol. The first-order valence-electron chi connectivity index (χ1n) is 8.09. The van der Waals surface area contributed by atoms with Crippen molar-refractivity contribution in [1.82, 2.24) is 14.5 Å². The number of fused-ring (bicyclic) bond motifs is 1. The molecule has 3 aromatic rings. The fourth-order valence-electron chi connectivity index (χ4n) is 3.56. The Hall–Kier alpha value is -1.84. The Morgan fingerprint density at radius 3 is 2.70 bits per heavy atom. The minimum absolute atomic E-state index is 0.514. The smallest absolute Gasteiger partial charge is 0.114 e. The van der Waals surface area contributed by atoms with E-state index in [4.69, 9.17) is 16.6 Å². The third-order valence-electron chi connectivity index (χ3n) is 4.78. The van der Waals surface area contributed by atoms with E-state index in [9.17, 15) is 0 Å². The zero-order valence-corrected chi connectivity index (χ0v) is 14.0. The predicted molar refractivity (Wildman–Crippen MR) is 94.8 cm³/mol. The van der Waals surface area contributed by atoms with Crippen LogP contribution < -0.4 is 0 Å². The second-order valence-electron chi connectivity index (χ2n) is 6.36. The minimum atomic E-state index is 0.514. The van der Waals surface area contributed by atoms with Gasteiger partial charge in [0.1, 0.15) is 5.82 Å². The number of likely N-dealkylation sites (tertiary alicyclic amines) is 1. The summed E-state index contributed by atoms with van der Waals surface area (Å²) in [5, 5.41) is 0.799. The number of aromatic nitrogens is 2. The number of rotatable bonds is 3. The van der Waals surface area contributed by atoms with Crippen molar-refractivity contribution in [2.75, 3.05) is 13.1 Å². The highest BCUT2D eigenvalue weighted by molar-refractivity contribution is 6.30. The van der Waals surface area contributed by atoms with E-state index >= 15 is 0 Å². The number of imidazole rings is 1. The van der Waals surface area contributed by atoms with Crippen LogP contribution in [0, 0.1) is 0 Å². The van der Waals surface area contributed by atoms with E-state index < -0.39 is 0 Å². The maximum Gasteiger partial charge on any atom is 0.114 e. The molecule has 118 valence electrons. The summed E-state index contributed by atoms with van der Waals surface area (Å²) < 4.78 is 2.26. The van der Waals surface area contributed by atoms with Gasteiger partial charge in [-0.05, 0) is 42.8 Å². The highest BCUT2D eigenvalue weighted by Crippen LogP contribution is 2.29. The average Bonchev–Trinajstić information content (AvgIpc) is 3.15.